The largest absolute Gasteiger partial charge is 0.480 e. The molecule has 1 aromatic heterocycles. The molecule has 1 saturated heterocycles. The Kier molecular flexibility index (Phi) is 2.74. The molecule has 2 heterocycles. The average Bonchev–Trinajstić information content (AvgIpc) is 3.05. The summed E-state index contributed by atoms with van der Waals surface area (Å²) < 4.78 is 0. The molecule has 5 heteroatoms. The van der Waals surface area contributed by atoms with Crippen molar-refractivity contribution < 1.29 is 14.7 Å². The number of hydrogen-bond donors (Lipinski definition) is 2. The lowest BCUT2D eigenvalue weighted by molar-refractivity contribution is -0.141. The van der Waals surface area contributed by atoms with Gasteiger partial charge in [-0.15, -0.1) is 0 Å². The molecule has 1 fully saturated rings. The highest BCUT2D eigenvalue weighted by molar-refractivity contribution is 6.07. The quantitative estimate of drug-likeness (QED) is 0.863. The molecule has 3 rings (SSSR count). The number of para-hydroxylation sites is 1. The number of amides is 1. The molecule has 0 spiro atoms. The summed E-state index contributed by atoms with van der Waals surface area (Å²) in [5.41, 5.74) is 1.43. The summed E-state index contributed by atoms with van der Waals surface area (Å²) in [7, 11) is 0. The molecule has 0 aliphatic carbocycles. The van der Waals surface area contributed by atoms with Gasteiger partial charge in [-0.2, -0.15) is 0 Å². The molecule has 1 atom stereocenters. The number of hydrogen-bond acceptors (Lipinski definition) is 2. The second kappa shape index (κ2) is 4.42. The average molecular weight is 258 g/mol. The molecule has 0 saturated carbocycles. The highest BCUT2D eigenvalue weighted by Gasteiger charge is 2.35. The van der Waals surface area contributed by atoms with Crippen molar-refractivity contribution in [1.82, 2.24) is 9.88 Å². The number of likely N-dealkylation sites (tertiary alicyclic amines) is 1. The molecule has 98 valence electrons. The Morgan fingerprint density at radius 1 is 1.32 bits per heavy atom. The normalized spacial score (nSPS) is 18.9. The Balaban J connectivity index is 1.98. The van der Waals surface area contributed by atoms with E-state index in [4.69, 9.17) is 5.11 Å². The van der Waals surface area contributed by atoms with Crippen LogP contribution in [0.5, 0.6) is 0 Å². The SMILES string of the molecule is O=C(O)[C@H]1CCCN1C(=O)c1c[nH]c2ccccc12. The molecule has 0 radical (unpaired) electrons. The van der Waals surface area contributed by atoms with Crippen LogP contribution < -0.4 is 0 Å². The van der Waals surface area contributed by atoms with E-state index in [9.17, 15) is 9.59 Å². The van der Waals surface area contributed by atoms with E-state index in [0.29, 0.717) is 18.5 Å². The van der Waals surface area contributed by atoms with Gasteiger partial charge in [0.05, 0.1) is 5.56 Å². The van der Waals surface area contributed by atoms with Crippen molar-refractivity contribution in [3.05, 3.63) is 36.0 Å². The zero-order chi connectivity index (χ0) is 13.4. The number of H-pyrrole nitrogens is 1. The van der Waals surface area contributed by atoms with Crippen LogP contribution in [0.4, 0.5) is 0 Å². The van der Waals surface area contributed by atoms with Crippen LogP contribution in [0.15, 0.2) is 30.5 Å². The maximum Gasteiger partial charge on any atom is 0.326 e. The number of benzene rings is 1. The summed E-state index contributed by atoms with van der Waals surface area (Å²) in [4.78, 5) is 28.1. The van der Waals surface area contributed by atoms with Gasteiger partial charge in [-0.3, -0.25) is 4.79 Å². The predicted octanol–water partition coefficient (Wildman–Crippen LogP) is 1.86. The van der Waals surface area contributed by atoms with E-state index < -0.39 is 12.0 Å². The van der Waals surface area contributed by atoms with Gasteiger partial charge in [-0.25, -0.2) is 4.79 Å². The minimum atomic E-state index is -0.925. The fourth-order valence-electron chi connectivity index (χ4n) is 2.67. The standard InChI is InChI=1S/C14H14N2O3/c17-13(16-7-3-6-12(16)14(18)19)10-8-15-11-5-2-1-4-9(10)11/h1-2,4-5,8,12,15H,3,6-7H2,(H,18,19)/t12-/m1/s1. The van der Waals surface area contributed by atoms with Gasteiger partial charge in [0.2, 0.25) is 0 Å². The lowest BCUT2D eigenvalue weighted by Gasteiger charge is -2.20. The molecule has 5 nitrogen and oxygen atoms in total. The van der Waals surface area contributed by atoms with Gasteiger partial charge in [-0.05, 0) is 18.9 Å². The summed E-state index contributed by atoms with van der Waals surface area (Å²) in [6, 6.07) is 6.82. The van der Waals surface area contributed by atoms with E-state index >= 15 is 0 Å². The van der Waals surface area contributed by atoms with Crippen LogP contribution in [0.25, 0.3) is 10.9 Å². The third kappa shape index (κ3) is 1.87. The topological polar surface area (TPSA) is 73.4 Å². The van der Waals surface area contributed by atoms with E-state index in [-0.39, 0.29) is 5.91 Å². The fourth-order valence-corrected chi connectivity index (χ4v) is 2.67. The van der Waals surface area contributed by atoms with Crippen molar-refractivity contribution in [3.8, 4) is 0 Å². The van der Waals surface area contributed by atoms with Gasteiger partial charge < -0.3 is 15.0 Å². The van der Waals surface area contributed by atoms with E-state index in [1.54, 1.807) is 6.20 Å². The lowest BCUT2D eigenvalue weighted by atomic mass is 10.1. The van der Waals surface area contributed by atoms with Crippen molar-refractivity contribution in [1.29, 1.82) is 0 Å². The molecule has 0 bridgehead atoms. The van der Waals surface area contributed by atoms with Gasteiger partial charge in [0, 0.05) is 23.6 Å². The van der Waals surface area contributed by atoms with E-state index in [2.05, 4.69) is 4.98 Å². The van der Waals surface area contributed by atoms with Gasteiger partial charge in [0.1, 0.15) is 6.04 Å². The van der Waals surface area contributed by atoms with Crippen LogP contribution in [0.2, 0.25) is 0 Å². The predicted molar refractivity (Wildman–Crippen MR) is 70.0 cm³/mol. The van der Waals surface area contributed by atoms with Gasteiger partial charge in [0.25, 0.3) is 5.91 Å². The minimum absolute atomic E-state index is 0.206. The number of carboxylic acids is 1. The number of rotatable bonds is 2. The maximum atomic E-state index is 12.5. The zero-order valence-corrected chi connectivity index (χ0v) is 10.3. The first kappa shape index (κ1) is 11.8. The lowest BCUT2D eigenvalue weighted by Crippen LogP contribution is -2.40. The number of nitrogens with zero attached hydrogens (tertiary/aromatic N) is 1. The molecule has 1 amide bonds. The Labute approximate surface area is 109 Å². The zero-order valence-electron chi connectivity index (χ0n) is 10.3. The number of nitrogens with one attached hydrogen (secondary N) is 1. The molecule has 1 aliphatic rings. The first-order valence-corrected chi connectivity index (χ1v) is 6.28. The first-order chi connectivity index (χ1) is 9.18. The summed E-state index contributed by atoms with van der Waals surface area (Å²) in [5.74, 6) is -1.13. The number of carbonyl (C=O) groups excluding carboxylic acids is 1. The smallest absolute Gasteiger partial charge is 0.326 e. The Morgan fingerprint density at radius 2 is 2.11 bits per heavy atom. The monoisotopic (exact) mass is 258 g/mol. The molecule has 1 aromatic carbocycles. The van der Waals surface area contributed by atoms with Crippen LogP contribution in [0, 0.1) is 0 Å². The molecule has 2 aromatic rings. The second-order valence-electron chi connectivity index (χ2n) is 4.74. The summed E-state index contributed by atoms with van der Waals surface area (Å²) >= 11 is 0. The molecule has 1 aliphatic heterocycles. The van der Waals surface area contributed by atoms with E-state index in [1.807, 2.05) is 24.3 Å². The molecular weight excluding hydrogens is 244 g/mol. The number of carboxylic acid groups (broad SMARTS) is 1. The second-order valence-corrected chi connectivity index (χ2v) is 4.74. The highest BCUT2D eigenvalue weighted by Crippen LogP contribution is 2.24. The van der Waals surface area contributed by atoms with Gasteiger partial charge in [-0.1, -0.05) is 18.2 Å². The first-order valence-electron chi connectivity index (χ1n) is 6.28. The van der Waals surface area contributed by atoms with Crippen LogP contribution >= 0.6 is 0 Å². The van der Waals surface area contributed by atoms with Crippen molar-refractivity contribution in [3.63, 3.8) is 0 Å². The number of aromatic amines is 1. The number of fused-ring (bicyclic) bond motifs is 1. The van der Waals surface area contributed by atoms with Crippen LogP contribution in [-0.4, -0.2) is 39.5 Å². The van der Waals surface area contributed by atoms with Gasteiger partial charge >= 0.3 is 5.97 Å². The molecular formula is C14H14N2O3. The molecule has 2 N–H and O–H groups in total. The van der Waals surface area contributed by atoms with Crippen LogP contribution in [0.1, 0.15) is 23.2 Å². The Hall–Kier alpha value is -2.30. The van der Waals surface area contributed by atoms with Crippen molar-refractivity contribution >= 4 is 22.8 Å². The van der Waals surface area contributed by atoms with Crippen molar-refractivity contribution in [2.24, 2.45) is 0 Å². The van der Waals surface area contributed by atoms with Crippen LogP contribution in [0.3, 0.4) is 0 Å². The van der Waals surface area contributed by atoms with Crippen molar-refractivity contribution in [2.75, 3.05) is 6.54 Å². The summed E-state index contributed by atoms with van der Waals surface area (Å²) in [5, 5.41) is 9.98. The summed E-state index contributed by atoms with van der Waals surface area (Å²) in [6.07, 6.45) is 2.93. The highest BCUT2D eigenvalue weighted by atomic mass is 16.4. The van der Waals surface area contributed by atoms with E-state index in [1.165, 1.54) is 4.90 Å². The Bertz CT molecular complexity index is 647. The third-order valence-electron chi connectivity index (χ3n) is 3.62. The maximum absolute atomic E-state index is 12.5. The third-order valence-corrected chi connectivity index (χ3v) is 3.62. The van der Waals surface area contributed by atoms with E-state index in [0.717, 1.165) is 17.3 Å². The molecule has 0 unspecified atom stereocenters. The number of carbonyl (C=O) groups is 2. The molecule has 19 heavy (non-hydrogen) atoms. The van der Waals surface area contributed by atoms with Crippen molar-refractivity contribution in [2.45, 2.75) is 18.9 Å². The Morgan fingerprint density at radius 3 is 2.89 bits per heavy atom. The van der Waals surface area contributed by atoms with Gasteiger partial charge in [0.15, 0.2) is 0 Å². The number of aromatic nitrogens is 1. The fraction of sp³-hybridized carbons (Fsp3) is 0.286. The number of aliphatic carboxylic acids is 1. The van der Waals surface area contributed by atoms with Crippen LogP contribution in [-0.2, 0) is 4.79 Å². The summed E-state index contributed by atoms with van der Waals surface area (Å²) in [6.45, 7) is 0.509. The minimum Gasteiger partial charge on any atom is -0.480 e.